The Balaban J connectivity index is 0.000000208. The van der Waals surface area contributed by atoms with E-state index in [-0.39, 0.29) is 5.41 Å². The summed E-state index contributed by atoms with van der Waals surface area (Å²) < 4.78 is 0. The summed E-state index contributed by atoms with van der Waals surface area (Å²) in [5.41, 5.74) is 17.6. The Hall–Kier alpha value is -6.90. The number of fused-ring (bicyclic) bond motifs is 4. The Morgan fingerprint density at radius 3 is 1.93 bits per heavy atom. The molecule has 2 heteroatoms. The number of rotatable bonds is 7. The fraction of sp³-hybridized carbons (Fsp3) is 0.123. The maximum atomic E-state index is 3.65. The summed E-state index contributed by atoms with van der Waals surface area (Å²) in [6.45, 7) is 9.03. The standard InChI is InChI=1S/C39H34N2.C18H16/c1-26-17-18-29(23-27(26)2)40-30-19-21-34-35-22-20-32(25-37(35)39(3,4)36(34)24-30)41(31-13-6-5-7-14-31)38-16-10-12-28-11-8-9-15-33(28)38;1-3-8-15(9-4-1)17-12-7-13-18(14-17)16-10-5-2-6-11-16/h5-25,40H,1-4H3;1-12,14,18H,13H2. The minimum absolute atomic E-state index is 0.136. The SMILES string of the molecule is C1=CC(c2ccccc2)=CC(c2ccccc2)C1.Cc1ccc(Nc2ccc3c(c2)C(C)(C)c2cc(N(c4ccccc4)c4cccc5ccccc45)ccc2-3)cc1C. The molecule has 0 aromatic heterocycles. The van der Waals surface area contributed by atoms with E-state index < -0.39 is 0 Å². The molecular formula is C57H50N2. The second kappa shape index (κ2) is 16.2. The minimum atomic E-state index is -0.136. The van der Waals surface area contributed by atoms with Crippen molar-refractivity contribution in [3.05, 3.63) is 240 Å². The molecule has 8 aromatic carbocycles. The third-order valence-electron chi connectivity index (χ3n) is 12.1. The molecule has 2 aliphatic rings. The summed E-state index contributed by atoms with van der Waals surface area (Å²) in [5.74, 6) is 0.506. The van der Waals surface area contributed by atoms with Crippen LogP contribution in [0.3, 0.4) is 0 Å². The van der Waals surface area contributed by atoms with Gasteiger partial charge >= 0.3 is 0 Å². The highest BCUT2D eigenvalue weighted by molar-refractivity contribution is 5.99. The van der Waals surface area contributed by atoms with E-state index in [1.54, 1.807) is 0 Å². The van der Waals surface area contributed by atoms with Crippen LogP contribution in [-0.2, 0) is 5.41 Å². The molecule has 1 N–H and O–H groups in total. The molecule has 0 heterocycles. The molecule has 288 valence electrons. The maximum Gasteiger partial charge on any atom is 0.0540 e. The van der Waals surface area contributed by atoms with Crippen LogP contribution in [0.15, 0.2) is 206 Å². The zero-order valence-corrected chi connectivity index (χ0v) is 34.4. The van der Waals surface area contributed by atoms with E-state index in [0.29, 0.717) is 5.92 Å². The first-order chi connectivity index (χ1) is 28.8. The summed E-state index contributed by atoms with van der Waals surface area (Å²) in [7, 11) is 0. The molecule has 0 bridgehead atoms. The Kier molecular flexibility index (Phi) is 10.3. The predicted octanol–water partition coefficient (Wildman–Crippen LogP) is 15.8. The van der Waals surface area contributed by atoms with E-state index in [1.165, 1.54) is 72.2 Å². The number of aryl methyl sites for hydroxylation is 2. The molecule has 2 aliphatic carbocycles. The van der Waals surface area contributed by atoms with Crippen LogP contribution in [0.1, 0.15) is 59.6 Å². The van der Waals surface area contributed by atoms with Crippen molar-refractivity contribution in [2.75, 3.05) is 10.2 Å². The lowest BCUT2D eigenvalue weighted by Crippen LogP contribution is -2.17. The number of nitrogens with one attached hydrogen (secondary N) is 1. The van der Waals surface area contributed by atoms with Gasteiger partial charge in [0.1, 0.15) is 0 Å². The van der Waals surface area contributed by atoms with Crippen molar-refractivity contribution in [1.29, 1.82) is 0 Å². The summed E-state index contributed by atoms with van der Waals surface area (Å²) >= 11 is 0. The minimum Gasteiger partial charge on any atom is -0.356 e. The van der Waals surface area contributed by atoms with Crippen molar-refractivity contribution >= 4 is 44.8 Å². The molecule has 10 rings (SSSR count). The molecule has 0 spiro atoms. The topological polar surface area (TPSA) is 15.3 Å². The molecule has 59 heavy (non-hydrogen) atoms. The molecule has 1 atom stereocenters. The average Bonchev–Trinajstić information content (AvgIpc) is 3.51. The van der Waals surface area contributed by atoms with Crippen molar-refractivity contribution in [2.24, 2.45) is 0 Å². The molecule has 0 amide bonds. The molecule has 0 saturated carbocycles. The Morgan fingerprint density at radius 2 is 1.17 bits per heavy atom. The zero-order chi connectivity index (χ0) is 40.3. The molecule has 0 aliphatic heterocycles. The molecule has 0 saturated heterocycles. The summed E-state index contributed by atoms with van der Waals surface area (Å²) in [6.07, 6.45) is 7.99. The van der Waals surface area contributed by atoms with Gasteiger partial charge in [-0.2, -0.15) is 0 Å². The largest absolute Gasteiger partial charge is 0.356 e. The Bertz CT molecular complexity index is 2810. The average molecular weight is 763 g/mol. The molecular weight excluding hydrogens is 713 g/mol. The number of hydrogen-bond acceptors (Lipinski definition) is 2. The van der Waals surface area contributed by atoms with Crippen molar-refractivity contribution in [2.45, 2.75) is 45.4 Å². The van der Waals surface area contributed by atoms with Crippen LogP contribution in [0.25, 0.3) is 27.5 Å². The fourth-order valence-electron chi connectivity index (χ4n) is 8.77. The first-order valence-corrected chi connectivity index (χ1v) is 20.8. The number of allylic oxidation sites excluding steroid dienone is 4. The smallest absolute Gasteiger partial charge is 0.0540 e. The quantitative estimate of drug-likeness (QED) is 0.174. The van der Waals surface area contributed by atoms with Crippen molar-refractivity contribution < 1.29 is 0 Å². The normalized spacial score (nSPS) is 14.7. The van der Waals surface area contributed by atoms with Crippen molar-refractivity contribution in [3.63, 3.8) is 0 Å². The van der Waals surface area contributed by atoms with Gasteiger partial charge in [-0.25, -0.2) is 0 Å². The number of hydrogen-bond donors (Lipinski definition) is 1. The fourth-order valence-corrected chi connectivity index (χ4v) is 8.77. The van der Waals surface area contributed by atoms with Gasteiger partial charge < -0.3 is 10.2 Å². The Morgan fingerprint density at radius 1 is 0.542 bits per heavy atom. The van der Waals surface area contributed by atoms with Gasteiger partial charge in [0.15, 0.2) is 0 Å². The summed E-state index contributed by atoms with van der Waals surface area (Å²) in [5, 5.41) is 6.13. The lowest BCUT2D eigenvalue weighted by molar-refractivity contribution is 0.660. The van der Waals surface area contributed by atoms with Crippen LogP contribution >= 0.6 is 0 Å². The number of para-hydroxylation sites is 1. The first kappa shape index (κ1) is 37.7. The highest BCUT2D eigenvalue weighted by atomic mass is 15.1. The molecule has 2 nitrogen and oxygen atoms in total. The maximum absolute atomic E-state index is 3.65. The van der Waals surface area contributed by atoms with E-state index in [9.17, 15) is 0 Å². The van der Waals surface area contributed by atoms with Gasteiger partial charge in [0.25, 0.3) is 0 Å². The van der Waals surface area contributed by atoms with Crippen LogP contribution in [0.5, 0.6) is 0 Å². The highest BCUT2D eigenvalue weighted by Gasteiger charge is 2.36. The van der Waals surface area contributed by atoms with E-state index in [0.717, 1.165) is 23.5 Å². The molecule has 0 radical (unpaired) electrons. The van der Waals surface area contributed by atoms with Gasteiger partial charge in [-0.05, 0) is 130 Å². The van der Waals surface area contributed by atoms with Gasteiger partial charge in [0, 0.05) is 39.5 Å². The molecule has 0 fully saturated rings. The predicted molar refractivity (Wildman–Crippen MR) is 253 cm³/mol. The lowest BCUT2D eigenvalue weighted by atomic mass is 9.82. The van der Waals surface area contributed by atoms with Gasteiger partial charge in [-0.1, -0.05) is 166 Å². The van der Waals surface area contributed by atoms with Gasteiger partial charge in [-0.3, -0.25) is 0 Å². The van der Waals surface area contributed by atoms with Gasteiger partial charge in [-0.15, -0.1) is 0 Å². The van der Waals surface area contributed by atoms with Crippen molar-refractivity contribution in [3.8, 4) is 11.1 Å². The second-order valence-corrected chi connectivity index (χ2v) is 16.4. The highest BCUT2D eigenvalue weighted by Crippen LogP contribution is 2.52. The molecule has 8 aromatic rings. The van der Waals surface area contributed by atoms with Crippen LogP contribution in [0.4, 0.5) is 28.4 Å². The summed E-state index contributed by atoms with van der Waals surface area (Å²) in [6, 6.07) is 67.6. The van der Waals surface area contributed by atoms with E-state index in [1.807, 2.05) is 0 Å². The number of anilines is 5. The van der Waals surface area contributed by atoms with Crippen LogP contribution in [0, 0.1) is 13.8 Å². The lowest BCUT2D eigenvalue weighted by Gasteiger charge is -2.29. The van der Waals surface area contributed by atoms with E-state index >= 15 is 0 Å². The van der Waals surface area contributed by atoms with Crippen molar-refractivity contribution in [1.82, 2.24) is 0 Å². The first-order valence-electron chi connectivity index (χ1n) is 20.8. The van der Waals surface area contributed by atoms with E-state index in [2.05, 4.69) is 244 Å². The van der Waals surface area contributed by atoms with Gasteiger partial charge in [0.05, 0.1) is 5.69 Å². The van der Waals surface area contributed by atoms with E-state index in [4.69, 9.17) is 0 Å². The van der Waals surface area contributed by atoms with Crippen LogP contribution in [0.2, 0.25) is 0 Å². The second-order valence-electron chi connectivity index (χ2n) is 16.4. The monoisotopic (exact) mass is 762 g/mol. The molecule has 1 unspecified atom stereocenters. The van der Waals surface area contributed by atoms with Gasteiger partial charge in [0.2, 0.25) is 0 Å². The van der Waals surface area contributed by atoms with Crippen LogP contribution in [-0.4, -0.2) is 0 Å². The Labute approximate surface area is 349 Å². The summed E-state index contributed by atoms with van der Waals surface area (Å²) in [4.78, 5) is 2.40. The zero-order valence-electron chi connectivity index (χ0n) is 34.4. The number of benzene rings is 8. The third kappa shape index (κ3) is 7.63. The number of nitrogens with zero attached hydrogens (tertiary/aromatic N) is 1. The van der Waals surface area contributed by atoms with Crippen LogP contribution < -0.4 is 10.2 Å². The third-order valence-corrected chi connectivity index (χ3v) is 12.1.